The lowest BCUT2D eigenvalue weighted by molar-refractivity contribution is 1.14. The molecule has 0 amide bonds. The minimum Gasteiger partial charge on any atom is -0.355 e. The van der Waals surface area contributed by atoms with Crippen LogP contribution in [0.5, 0.6) is 0 Å². The van der Waals surface area contributed by atoms with Crippen molar-refractivity contribution < 1.29 is 0 Å². The molecule has 0 saturated heterocycles. The van der Waals surface area contributed by atoms with Gasteiger partial charge in [-0.2, -0.15) is 0 Å². The van der Waals surface area contributed by atoms with E-state index in [0.29, 0.717) is 0 Å². The Morgan fingerprint density at radius 1 is 0.617 bits per heavy atom. The number of para-hydroxylation sites is 2. The summed E-state index contributed by atoms with van der Waals surface area (Å²) >= 11 is 0. The quantitative estimate of drug-likeness (QED) is 0.210. The monoisotopic (exact) mass is 604 g/mol. The lowest BCUT2D eigenvalue weighted by atomic mass is 10.1. The van der Waals surface area contributed by atoms with Crippen molar-refractivity contribution in [2.45, 2.75) is 6.92 Å². The average molecular weight is 605 g/mol. The van der Waals surface area contributed by atoms with Crippen LogP contribution in [0.1, 0.15) is 18.2 Å². The molecule has 0 aliphatic rings. The van der Waals surface area contributed by atoms with Crippen molar-refractivity contribution >= 4 is 88.9 Å². The molecule has 0 radical (unpaired) electrons. The van der Waals surface area contributed by atoms with E-state index in [1.807, 2.05) is 31.3 Å². The summed E-state index contributed by atoms with van der Waals surface area (Å²) in [5, 5.41) is 5.65. The van der Waals surface area contributed by atoms with E-state index in [1.165, 1.54) is 10.8 Å². The van der Waals surface area contributed by atoms with E-state index in [-0.39, 0.29) is 0 Å². The zero-order valence-electron chi connectivity index (χ0n) is 25.6. The topological polar surface area (TPSA) is 67.2 Å². The summed E-state index contributed by atoms with van der Waals surface area (Å²) in [4.78, 5) is 17.5. The van der Waals surface area contributed by atoms with Crippen LogP contribution in [0.15, 0.2) is 122 Å². The molecule has 6 aromatic heterocycles. The average Bonchev–Trinajstić information content (AvgIpc) is 3.84. The Balaban J connectivity index is 1.29. The highest BCUT2D eigenvalue weighted by molar-refractivity contribution is 6.15. The number of fused-ring (bicyclic) bond motifs is 10. The molecule has 2 N–H and O–H groups in total. The highest BCUT2D eigenvalue weighted by Crippen LogP contribution is 2.39. The molecule has 6 nitrogen and oxygen atoms in total. The predicted octanol–water partition coefficient (Wildman–Crippen LogP) is 10.5. The van der Waals surface area contributed by atoms with E-state index in [4.69, 9.17) is 9.97 Å². The number of allylic oxidation sites excluding steroid dienone is 1. The summed E-state index contributed by atoms with van der Waals surface area (Å²) in [6.45, 7) is 6.16. The zero-order chi connectivity index (χ0) is 31.2. The summed E-state index contributed by atoms with van der Waals surface area (Å²) in [5.74, 6) is 0. The Morgan fingerprint density at radius 2 is 1.34 bits per heavy atom. The van der Waals surface area contributed by atoms with Crippen LogP contribution < -0.4 is 0 Å². The van der Waals surface area contributed by atoms with Crippen molar-refractivity contribution in [3.05, 3.63) is 133 Å². The van der Waals surface area contributed by atoms with Gasteiger partial charge in [0.05, 0.1) is 27.6 Å². The third-order valence-electron chi connectivity index (χ3n) is 9.51. The molecule has 10 rings (SSSR count). The molecule has 0 aliphatic heterocycles. The summed E-state index contributed by atoms with van der Waals surface area (Å²) in [6, 6.07) is 36.6. The summed E-state index contributed by atoms with van der Waals surface area (Å²) in [6.07, 6.45) is 7.94. The number of benzene rings is 4. The maximum absolute atomic E-state index is 5.48. The van der Waals surface area contributed by atoms with Crippen molar-refractivity contribution in [3.8, 4) is 11.4 Å². The van der Waals surface area contributed by atoms with Gasteiger partial charge < -0.3 is 14.5 Å². The number of hydrogen-bond acceptors (Lipinski definition) is 2. The summed E-state index contributed by atoms with van der Waals surface area (Å²) in [7, 11) is 0. The van der Waals surface area contributed by atoms with Gasteiger partial charge in [0, 0.05) is 72.3 Å². The molecule has 0 spiro atoms. The van der Waals surface area contributed by atoms with Crippen molar-refractivity contribution in [2.75, 3.05) is 0 Å². The Kier molecular flexibility index (Phi) is 5.26. The Bertz CT molecular complexity index is 2940. The minimum absolute atomic E-state index is 0.888. The van der Waals surface area contributed by atoms with Gasteiger partial charge in [-0.1, -0.05) is 55.1 Å². The van der Waals surface area contributed by atoms with Crippen LogP contribution in [-0.4, -0.2) is 29.1 Å². The van der Waals surface area contributed by atoms with Crippen LogP contribution in [0.25, 0.3) is 100 Å². The van der Waals surface area contributed by atoms with Crippen molar-refractivity contribution in [1.82, 2.24) is 29.1 Å². The molecule has 6 heterocycles. The van der Waals surface area contributed by atoms with Crippen LogP contribution in [0.4, 0.5) is 0 Å². The van der Waals surface area contributed by atoms with Gasteiger partial charge in [-0.15, -0.1) is 0 Å². The molecule has 0 aliphatic carbocycles. The smallest absolute Gasteiger partial charge is 0.148 e. The van der Waals surface area contributed by atoms with Crippen LogP contribution in [0.3, 0.4) is 0 Å². The molecule has 222 valence electrons. The highest BCUT2D eigenvalue weighted by atomic mass is 15.1. The Labute approximate surface area is 268 Å². The fraction of sp³-hybridized carbons (Fsp3) is 0.0244. The largest absolute Gasteiger partial charge is 0.355 e. The molecule has 10 aromatic rings. The molecule has 4 aromatic carbocycles. The first-order valence-electron chi connectivity index (χ1n) is 15.8. The number of nitrogens with zero attached hydrogens (tertiary/aromatic N) is 4. The first kappa shape index (κ1) is 25.9. The van der Waals surface area contributed by atoms with E-state index in [2.05, 4.69) is 129 Å². The van der Waals surface area contributed by atoms with Crippen LogP contribution in [0, 0.1) is 0 Å². The predicted molar refractivity (Wildman–Crippen MR) is 197 cm³/mol. The number of aromatic nitrogens is 6. The molecule has 0 bridgehead atoms. The number of pyridine rings is 2. The second kappa shape index (κ2) is 9.55. The third kappa shape index (κ3) is 3.55. The van der Waals surface area contributed by atoms with Gasteiger partial charge in [-0.05, 0) is 79.7 Å². The molecule has 0 unspecified atom stereocenters. The standard InChI is InChI=1S/C41H28N6/c1-3-10-32-26(4-2)29-21-24(16-18-34(29)43-32)46-36-14-8-6-12-28(36)40-38(46)23-31-39-37(15-9-20-42-39)47(41(31)45-40)25-17-19-35-30(22-25)27-11-5-7-13-33(27)44-35/h3-23,43-44H,2H2,1H3/b10-3-. The van der Waals surface area contributed by atoms with Gasteiger partial charge in [-0.3, -0.25) is 9.55 Å². The fourth-order valence-corrected chi connectivity index (χ4v) is 7.50. The highest BCUT2D eigenvalue weighted by Gasteiger charge is 2.21. The van der Waals surface area contributed by atoms with Crippen LogP contribution >= 0.6 is 0 Å². The maximum Gasteiger partial charge on any atom is 0.148 e. The van der Waals surface area contributed by atoms with E-state index in [0.717, 1.165) is 88.6 Å². The molecular formula is C41H28N6. The van der Waals surface area contributed by atoms with Crippen molar-refractivity contribution in [2.24, 2.45) is 0 Å². The molecule has 0 saturated carbocycles. The van der Waals surface area contributed by atoms with Gasteiger partial charge in [0.1, 0.15) is 5.65 Å². The van der Waals surface area contributed by atoms with Crippen LogP contribution in [0.2, 0.25) is 0 Å². The number of aromatic amines is 2. The lowest BCUT2D eigenvalue weighted by Crippen LogP contribution is -1.96. The number of H-pyrrole nitrogens is 2. The summed E-state index contributed by atoms with van der Waals surface area (Å²) in [5.41, 5.74) is 13.6. The van der Waals surface area contributed by atoms with E-state index in [1.54, 1.807) is 0 Å². The van der Waals surface area contributed by atoms with Crippen LogP contribution in [-0.2, 0) is 0 Å². The second-order valence-electron chi connectivity index (χ2n) is 12.1. The Morgan fingerprint density at radius 3 is 2.19 bits per heavy atom. The molecule has 6 heteroatoms. The molecule has 0 fully saturated rings. The fourth-order valence-electron chi connectivity index (χ4n) is 7.50. The normalized spacial score (nSPS) is 12.4. The van der Waals surface area contributed by atoms with Gasteiger partial charge >= 0.3 is 0 Å². The molecule has 47 heavy (non-hydrogen) atoms. The lowest BCUT2D eigenvalue weighted by Gasteiger charge is -2.09. The van der Waals surface area contributed by atoms with Crippen molar-refractivity contribution in [1.29, 1.82) is 0 Å². The van der Waals surface area contributed by atoms with E-state index in [9.17, 15) is 0 Å². The number of rotatable bonds is 4. The summed E-state index contributed by atoms with van der Waals surface area (Å²) < 4.78 is 4.59. The second-order valence-corrected chi connectivity index (χ2v) is 12.1. The third-order valence-corrected chi connectivity index (χ3v) is 9.51. The van der Waals surface area contributed by atoms with Gasteiger partial charge in [-0.25, -0.2) is 4.98 Å². The SMILES string of the molecule is C=Cc1c(/C=C\C)[nH]c2ccc(-n3c4ccccc4c4nc5c(cc43)c3ncccc3n5-c3ccc4[nH]c5ccccc5c4c3)cc12. The first-order valence-corrected chi connectivity index (χ1v) is 15.8. The van der Waals surface area contributed by atoms with Gasteiger partial charge in [0.25, 0.3) is 0 Å². The van der Waals surface area contributed by atoms with E-state index < -0.39 is 0 Å². The first-order chi connectivity index (χ1) is 23.2. The van der Waals surface area contributed by atoms with Gasteiger partial charge in [0.15, 0.2) is 0 Å². The number of nitrogens with one attached hydrogen (secondary N) is 2. The molecular weight excluding hydrogens is 576 g/mol. The van der Waals surface area contributed by atoms with Gasteiger partial charge in [0.2, 0.25) is 0 Å². The Hall–Kier alpha value is -6.40. The van der Waals surface area contributed by atoms with Crippen molar-refractivity contribution in [3.63, 3.8) is 0 Å². The zero-order valence-corrected chi connectivity index (χ0v) is 25.6. The van der Waals surface area contributed by atoms with E-state index >= 15 is 0 Å². The number of hydrogen-bond donors (Lipinski definition) is 2. The maximum atomic E-state index is 5.48. The molecule has 0 atom stereocenters. The minimum atomic E-state index is 0.888.